The second-order valence-corrected chi connectivity index (χ2v) is 4.99. The predicted molar refractivity (Wildman–Crippen MR) is 54.4 cm³/mol. The van der Waals surface area contributed by atoms with Crippen molar-refractivity contribution in [3.05, 3.63) is 11.6 Å². The molecule has 1 N–H and O–H groups in total. The van der Waals surface area contributed by atoms with Crippen LogP contribution in [0.1, 0.15) is 46.0 Å². The van der Waals surface area contributed by atoms with Crippen molar-refractivity contribution in [3.8, 4) is 0 Å². The van der Waals surface area contributed by atoms with Gasteiger partial charge >= 0.3 is 0 Å². The largest absolute Gasteiger partial charge is 0.390 e. The standard InChI is InChI=1S/C12H20O/c1-9-5-4-8-12(2,13)11-7-3-6-10(9)11/h5,10-11,13H,3-4,6-8H2,1-2H3/t10-,11+,12+/m1/s1. The van der Waals surface area contributed by atoms with E-state index >= 15 is 0 Å². The molecular formula is C12H20O. The fraction of sp³-hybridized carbons (Fsp3) is 0.833. The van der Waals surface area contributed by atoms with Gasteiger partial charge in [-0.3, -0.25) is 0 Å². The lowest BCUT2D eigenvalue weighted by Crippen LogP contribution is -2.35. The summed E-state index contributed by atoms with van der Waals surface area (Å²) in [6, 6.07) is 0. The van der Waals surface area contributed by atoms with Crippen molar-refractivity contribution < 1.29 is 5.11 Å². The van der Waals surface area contributed by atoms with Gasteiger partial charge in [-0.2, -0.15) is 0 Å². The van der Waals surface area contributed by atoms with Gasteiger partial charge in [-0.25, -0.2) is 0 Å². The van der Waals surface area contributed by atoms with Crippen molar-refractivity contribution in [1.82, 2.24) is 0 Å². The Morgan fingerprint density at radius 3 is 3.00 bits per heavy atom. The van der Waals surface area contributed by atoms with E-state index in [0.717, 1.165) is 12.8 Å². The number of aliphatic hydroxyl groups is 1. The minimum absolute atomic E-state index is 0.407. The average Bonchev–Trinajstić information content (AvgIpc) is 2.48. The molecule has 0 unspecified atom stereocenters. The van der Waals surface area contributed by atoms with Crippen molar-refractivity contribution in [2.45, 2.75) is 51.6 Å². The quantitative estimate of drug-likeness (QED) is 0.568. The van der Waals surface area contributed by atoms with E-state index in [0.29, 0.717) is 11.8 Å². The Morgan fingerprint density at radius 2 is 2.23 bits per heavy atom. The Balaban J connectivity index is 2.26. The van der Waals surface area contributed by atoms with E-state index in [1.807, 2.05) is 6.92 Å². The van der Waals surface area contributed by atoms with Crippen molar-refractivity contribution in [2.24, 2.45) is 11.8 Å². The van der Waals surface area contributed by atoms with Gasteiger partial charge in [0.15, 0.2) is 0 Å². The molecule has 0 spiro atoms. The first-order valence-corrected chi connectivity index (χ1v) is 5.50. The van der Waals surface area contributed by atoms with Crippen LogP contribution in [-0.4, -0.2) is 10.7 Å². The van der Waals surface area contributed by atoms with E-state index in [1.54, 1.807) is 0 Å². The fourth-order valence-corrected chi connectivity index (χ4v) is 3.18. The van der Waals surface area contributed by atoms with Crippen LogP contribution in [0.5, 0.6) is 0 Å². The zero-order valence-electron chi connectivity index (χ0n) is 8.71. The second kappa shape index (κ2) is 3.13. The predicted octanol–water partition coefficient (Wildman–Crippen LogP) is 2.89. The molecule has 13 heavy (non-hydrogen) atoms. The molecule has 0 saturated heterocycles. The van der Waals surface area contributed by atoms with Crippen molar-refractivity contribution in [1.29, 1.82) is 0 Å². The summed E-state index contributed by atoms with van der Waals surface area (Å²) in [4.78, 5) is 0. The van der Waals surface area contributed by atoms with Gasteiger partial charge in [-0.05, 0) is 51.4 Å². The first-order valence-electron chi connectivity index (χ1n) is 5.50. The van der Waals surface area contributed by atoms with Gasteiger partial charge < -0.3 is 5.11 Å². The average molecular weight is 180 g/mol. The molecule has 3 atom stereocenters. The third-order valence-corrected chi connectivity index (χ3v) is 4.02. The molecule has 1 nitrogen and oxygen atoms in total. The third kappa shape index (κ3) is 1.54. The molecule has 0 bridgehead atoms. The summed E-state index contributed by atoms with van der Waals surface area (Å²) in [5.41, 5.74) is 1.12. The number of fused-ring (bicyclic) bond motifs is 1. The second-order valence-electron chi connectivity index (χ2n) is 4.99. The highest BCUT2D eigenvalue weighted by atomic mass is 16.3. The molecular weight excluding hydrogens is 160 g/mol. The number of rotatable bonds is 0. The summed E-state index contributed by atoms with van der Waals surface area (Å²) in [6.45, 7) is 4.27. The van der Waals surface area contributed by atoms with Gasteiger partial charge in [-0.1, -0.05) is 18.1 Å². The zero-order chi connectivity index (χ0) is 9.47. The lowest BCUT2D eigenvalue weighted by atomic mass is 9.78. The van der Waals surface area contributed by atoms with E-state index in [9.17, 15) is 5.11 Å². The normalized spacial score (nSPS) is 45.3. The van der Waals surface area contributed by atoms with E-state index < -0.39 is 5.60 Å². The fourth-order valence-electron chi connectivity index (χ4n) is 3.18. The number of hydrogen-bond acceptors (Lipinski definition) is 1. The molecule has 0 aromatic heterocycles. The maximum Gasteiger partial charge on any atom is 0.0656 e. The highest BCUT2D eigenvalue weighted by Crippen LogP contribution is 2.46. The molecule has 2 aliphatic rings. The van der Waals surface area contributed by atoms with Crippen molar-refractivity contribution in [3.63, 3.8) is 0 Å². The Labute approximate surface area is 80.8 Å². The molecule has 1 fully saturated rings. The van der Waals surface area contributed by atoms with Crippen LogP contribution < -0.4 is 0 Å². The van der Waals surface area contributed by atoms with Gasteiger partial charge in [0.1, 0.15) is 0 Å². The molecule has 2 rings (SSSR count). The molecule has 0 heterocycles. The Kier molecular flexibility index (Phi) is 2.23. The van der Waals surface area contributed by atoms with E-state index in [4.69, 9.17) is 0 Å². The van der Waals surface area contributed by atoms with Gasteiger partial charge in [0.05, 0.1) is 5.60 Å². The first-order chi connectivity index (χ1) is 6.11. The van der Waals surface area contributed by atoms with Crippen LogP contribution in [0.15, 0.2) is 11.6 Å². The molecule has 0 aliphatic heterocycles. The minimum Gasteiger partial charge on any atom is -0.390 e. The van der Waals surface area contributed by atoms with Crippen LogP contribution in [0.25, 0.3) is 0 Å². The molecule has 1 heteroatoms. The van der Waals surface area contributed by atoms with E-state index in [1.165, 1.54) is 24.8 Å². The molecule has 0 aromatic rings. The number of allylic oxidation sites excluding steroid dienone is 2. The van der Waals surface area contributed by atoms with Crippen LogP contribution in [-0.2, 0) is 0 Å². The summed E-state index contributed by atoms with van der Waals surface area (Å²) < 4.78 is 0. The highest BCUT2D eigenvalue weighted by molar-refractivity contribution is 5.13. The van der Waals surface area contributed by atoms with Crippen molar-refractivity contribution in [2.75, 3.05) is 0 Å². The summed E-state index contributed by atoms with van der Waals surface area (Å²) in [5, 5.41) is 10.3. The van der Waals surface area contributed by atoms with E-state index in [2.05, 4.69) is 13.0 Å². The van der Waals surface area contributed by atoms with Crippen LogP contribution >= 0.6 is 0 Å². The molecule has 0 radical (unpaired) electrons. The van der Waals surface area contributed by atoms with E-state index in [-0.39, 0.29) is 0 Å². The van der Waals surface area contributed by atoms with Gasteiger partial charge in [-0.15, -0.1) is 0 Å². The zero-order valence-corrected chi connectivity index (χ0v) is 8.71. The maximum absolute atomic E-state index is 10.3. The molecule has 74 valence electrons. The molecule has 0 amide bonds. The topological polar surface area (TPSA) is 20.2 Å². The molecule has 1 saturated carbocycles. The molecule has 0 aromatic carbocycles. The highest BCUT2D eigenvalue weighted by Gasteiger charge is 2.41. The van der Waals surface area contributed by atoms with Gasteiger partial charge in [0, 0.05) is 0 Å². The summed E-state index contributed by atoms with van der Waals surface area (Å²) >= 11 is 0. The monoisotopic (exact) mass is 180 g/mol. The molecule has 2 aliphatic carbocycles. The van der Waals surface area contributed by atoms with Gasteiger partial charge in [0.2, 0.25) is 0 Å². The van der Waals surface area contributed by atoms with Crippen LogP contribution in [0.3, 0.4) is 0 Å². The lowest BCUT2D eigenvalue weighted by molar-refractivity contribution is -0.0152. The Hall–Kier alpha value is -0.300. The third-order valence-electron chi connectivity index (χ3n) is 4.02. The van der Waals surface area contributed by atoms with Crippen LogP contribution in [0.2, 0.25) is 0 Å². The first kappa shape index (κ1) is 9.26. The Bertz CT molecular complexity index is 227. The number of hydrogen-bond donors (Lipinski definition) is 1. The van der Waals surface area contributed by atoms with Crippen LogP contribution in [0.4, 0.5) is 0 Å². The summed E-state index contributed by atoms with van der Waals surface area (Å²) in [5.74, 6) is 1.21. The minimum atomic E-state index is -0.407. The van der Waals surface area contributed by atoms with Crippen molar-refractivity contribution >= 4 is 0 Å². The Morgan fingerprint density at radius 1 is 1.46 bits per heavy atom. The maximum atomic E-state index is 10.3. The summed E-state index contributed by atoms with van der Waals surface area (Å²) in [6.07, 6.45) is 8.17. The van der Waals surface area contributed by atoms with Gasteiger partial charge in [0.25, 0.3) is 0 Å². The lowest BCUT2D eigenvalue weighted by Gasteiger charge is -2.32. The SMILES string of the molecule is CC1=CCC[C@](C)(O)[C@H]2CCC[C@H]12. The summed E-state index contributed by atoms with van der Waals surface area (Å²) in [7, 11) is 0. The smallest absolute Gasteiger partial charge is 0.0656 e. The van der Waals surface area contributed by atoms with Crippen LogP contribution in [0, 0.1) is 11.8 Å².